The van der Waals surface area contributed by atoms with Crippen LogP contribution >= 0.6 is 0 Å². The van der Waals surface area contributed by atoms with Gasteiger partial charge in [0.05, 0.1) is 20.4 Å². The lowest BCUT2D eigenvalue weighted by molar-refractivity contribution is 0.102. The number of anilines is 1. The maximum absolute atomic E-state index is 12.4. The van der Waals surface area contributed by atoms with E-state index in [4.69, 9.17) is 13.9 Å². The standard InChI is InChI=1S/C16H13N3O5/c1-22-14-11(8-17-16(19-14)23-2)18-13(20)10-7-9-5-3-4-6-12(9)24-15(10)21/h3-8H,1-2H3,(H,18,20). The summed E-state index contributed by atoms with van der Waals surface area (Å²) in [6.45, 7) is 0. The van der Waals surface area contributed by atoms with Gasteiger partial charge < -0.3 is 19.2 Å². The van der Waals surface area contributed by atoms with Gasteiger partial charge in [0.25, 0.3) is 5.91 Å². The number of carbonyl (C=O) groups is 1. The average Bonchev–Trinajstić information content (AvgIpc) is 2.61. The Kier molecular flexibility index (Phi) is 4.11. The Hall–Kier alpha value is -3.42. The summed E-state index contributed by atoms with van der Waals surface area (Å²) >= 11 is 0. The molecule has 0 aliphatic carbocycles. The van der Waals surface area contributed by atoms with Crippen molar-refractivity contribution >= 4 is 22.6 Å². The van der Waals surface area contributed by atoms with Gasteiger partial charge in [-0.25, -0.2) is 9.78 Å². The number of benzene rings is 1. The predicted octanol–water partition coefficient (Wildman–Crippen LogP) is 1.85. The fraction of sp³-hybridized carbons (Fsp3) is 0.125. The van der Waals surface area contributed by atoms with Crippen LogP contribution in [0.25, 0.3) is 11.0 Å². The number of hydrogen-bond acceptors (Lipinski definition) is 7. The highest BCUT2D eigenvalue weighted by Crippen LogP contribution is 2.23. The monoisotopic (exact) mass is 327 g/mol. The molecular formula is C16H13N3O5. The number of para-hydroxylation sites is 1. The van der Waals surface area contributed by atoms with Crippen LogP contribution in [0.5, 0.6) is 11.9 Å². The molecule has 3 rings (SSSR count). The van der Waals surface area contributed by atoms with Crippen LogP contribution in [0.1, 0.15) is 10.4 Å². The molecule has 1 aromatic carbocycles. The van der Waals surface area contributed by atoms with Crippen LogP contribution in [-0.2, 0) is 0 Å². The molecule has 1 amide bonds. The quantitative estimate of drug-likeness (QED) is 0.729. The van der Waals surface area contributed by atoms with Crippen LogP contribution < -0.4 is 20.4 Å². The van der Waals surface area contributed by atoms with E-state index in [1.54, 1.807) is 24.3 Å². The van der Waals surface area contributed by atoms with E-state index in [0.29, 0.717) is 11.0 Å². The number of rotatable bonds is 4. The van der Waals surface area contributed by atoms with Crippen LogP contribution in [0.3, 0.4) is 0 Å². The molecule has 0 unspecified atom stereocenters. The van der Waals surface area contributed by atoms with Gasteiger partial charge in [0.2, 0.25) is 5.88 Å². The van der Waals surface area contributed by atoms with Gasteiger partial charge in [-0.05, 0) is 12.1 Å². The summed E-state index contributed by atoms with van der Waals surface area (Å²) in [5, 5.41) is 3.17. The van der Waals surface area contributed by atoms with Crippen molar-refractivity contribution in [3.8, 4) is 11.9 Å². The Bertz CT molecular complexity index is 967. The molecule has 0 bridgehead atoms. The minimum absolute atomic E-state index is 0.0927. The van der Waals surface area contributed by atoms with E-state index in [0.717, 1.165) is 0 Å². The first kappa shape index (κ1) is 15.5. The smallest absolute Gasteiger partial charge is 0.349 e. The molecule has 0 radical (unpaired) electrons. The minimum Gasteiger partial charge on any atom is -0.479 e. The van der Waals surface area contributed by atoms with Crippen molar-refractivity contribution in [3.63, 3.8) is 0 Å². The van der Waals surface area contributed by atoms with E-state index in [2.05, 4.69) is 15.3 Å². The van der Waals surface area contributed by atoms with E-state index in [1.807, 2.05) is 0 Å². The molecule has 2 aromatic heterocycles. The molecule has 0 saturated carbocycles. The molecule has 0 fully saturated rings. The van der Waals surface area contributed by atoms with Crippen LogP contribution in [0, 0.1) is 0 Å². The fourth-order valence-corrected chi connectivity index (χ4v) is 2.10. The lowest BCUT2D eigenvalue weighted by Crippen LogP contribution is -2.21. The van der Waals surface area contributed by atoms with E-state index in [-0.39, 0.29) is 23.1 Å². The summed E-state index contributed by atoms with van der Waals surface area (Å²) in [5.41, 5.74) is -0.258. The number of hydrogen-bond donors (Lipinski definition) is 1. The Balaban J connectivity index is 1.96. The molecule has 2 heterocycles. The summed E-state index contributed by atoms with van der Waals surface area (Å²) in [6.07, 6.45) is 1.32. The van der Waals surface area contributed by atoms with Crippen molar-refractivity contribution in [1.29, 1.82) is 0 Å². The first-order valence-electron chi connectivity index (χ1n) is 6.91. The number of methoxy groups -OCH3 is 2. The van der Waals surface area contributed by atoms with E-state index < -0.39 is 11.5 Å². The van der Waals surface area contributed by atoms with E-state index in [9.17, 15) is 9.59 Å². The zero-order chi connectivity index (χ0) is 17.1. The Morgan fingerprint density at radius 3 is 2.75 bits per heavy atom. The lowest BCUT2D eigenvalue weighted by Gasteiger charge is -2.09. The second-order valence-electron chi connectivity index (χ2n) is 4.72. The molecule has 0 spiro atoms. The van der Waals surface area contributed by atoms with Crippen molar-refractivity contribution < 1.29 is 18.7 Å². The fourth-order valence-electron chi connectivity index (χ4n) is 2.10. The molecule has 0 aliphatic rings. The summed E-state index contributed by atoms with van der Waals surface area (Å²) in [7, 11) is 2.80. The van der Waals surface area contributed by atoms with Gasteiger partial charge in [0, 0.05) is 5.39 Å². The maximum atomic E-state index is 12.4. The molecule has 0 saturated heterocycles. The van der Waals surface area contributed by atoms with Gasteiger partial charge in [-0.15, -0.1) is 0 Å². The summed E-state index contributed by atoms with van der Waals surface area (Å²) in [6, 6.07) is 8.47. The van der Waals surface area contributed by atoms with Crippen LogP contribution in [-0.4, -0.2) is 30.1 Å². The number of nitrogens with one attached hydrogen (secondary N) is 1. The second kappa shape index (κ2) is 6.37. The van der Waals surface area contributed by atoms with Crippen LogP contribution in [0.2, 0.25) is 0 Å². The van der Waals surface area contributed by atoms with E-state index >= 15 is 0 Å². The molecule has 8 heteroatoms. The Morgan fingerprint density at radius 2 is 2.00 bits per heavy atom. The zero-order valence-electron chi connectivity index (χ0n) is 12.9. The molecule has 3 aromatic rings. The molecule has 0 aliphatic heterocycles. The van der Waals surface area contributed by atoms with Gasteiger partial charge in [0.15, 0.2) is 0 Å². The van der Waals surface area contributed by atoms with Gasteiger partial charge >= 0.3 is 11.6 Å². The molecular weight excluding hydrogens is 314 g/mol. The molecule has 8 nitrogen and oxygen atoms in total. The lowest BCUT2D eigenvalue weighted by atomic mass is 10.2. The normalized spacial score (nSPS) is 10.4. The summed E-state index contributed by atoms with van der Waals surface area (Å²) < 4.78 is 15.1. The van der Waals surface area contributed by atoms with Crippen LogP contribution in [0.4, 0.5) is 5.69 Å². The number of amides is 1. The number of aromatic nitrogens is 2. The molecule has 24 heavy (non-hydrogen) atoms. The summed E-state index contributed by atoms with van der Waals surface area (Å²) in [4.78, 5) is 32.2. The second-order valence-corrected chi connectivity index (χ2v) is 4.72. The van der Waals surface area contributed by atoms with Gasteiger partial charge in [0.1, 0.15) is 16.8 Å². The third-order valence-electron chi connectivity index (χ3n) is 3.24. The van der Waals surface area contributed by atoms with Crippen molar-refractivity contribution in [3.05, 3.63) is 52.5 Å². The minimum atomic E-state index is -0.736. The van der Waals surface area contributed by atoms with E-state index in [1.165, 1.54) is 26.5 Å². The number of ether oxygens (including phenoxy) is 2. The van der Waals surface area contributed by atoms with Crippen molar-refractivity contribution in [2.24, 2.45) is 0 Å². The molecule has 0 atom stereocenters. The number of nitrogens with zero attached hydrogens (tertiary/aromatic N) is 2. The van der Waals surface area contributed by atoms with Crippen molar-refractivity contribution in [1.82, 2.24) is 9.97 Å². The average molecular weight is 327 g/mol. The highest BCUT2D eigenvalue weighted by Gasteiger charge is 2.17. The number of carbonyl (C=O) groups excluding carboxylic acids is 1. The SMILES string of the molecule is COc1ncc(NC(=O)c2cc3ccccc3oc2=O)c(OC)n1. The molecule has 1 N–H and O–H groups in total. The highest BCUT2D eigenvalue weighted by atomic mass is 16.5. The first-order chi connectivity index (χ1) is 11.6. The Morgan fingerprint density at radius 1 is 1.21 bits per heavy atom. The van der Waals surface area contributed by atoms with Gasteiger partial charge in [-0.3, -0.25) is 4.79 Å². The zero-order valence-corrected chi connectivity index (χ0v) is 12.9. The largest absolute Gasteiger partial charge is 0.479 e. The van der Waals surface area contributed by atoms with Gasteiger partial charge in [-0.1, -0.05) is 18.2 Å². The topological polar surface area (TPSA) is 104 Å². The maximum Gasteiger partial charge on any atom is 0.349 e. The van der Waals surface area contributed by atoms with Gasteiger partial charge in [-0.2, -0.15) is 4.98 Å². The Labute approximate surface area is 136 Å². The third-order valence-corrected chi connectivity index (χ3v) is 3.24. The first-order valence-corrected chi connectivity index (χ1v) is 6.91. The predicted molar refractivity (Wildman–Crippen MR) is 85.6 cm³/mol. The highest BCUT2D eigenvalue weighted by molar-refractivity contribution is 6.05. The molecule has 122 valence electrons. The van der Waals surface area contributed by atoms with Crippen molar-refractivity contribution in [2.75, 3.05) is 19.5 Å². The third kappa shape index (κ3) is 2.89. The summed E-state index contributed by atoms with van der Waals surface area (Å²) in [5.74, 6) is -0.540. The number of fused-ring (bicyclic) bond motifs is 1. The van der Waals surface area contributed by atoms with Crippen LogP contribution in [0.15, 0.2) is 45.7 Å². The van der Waals surface area contributed by atoms with Crippen molar-refractivity contribution in [2.45, 2.75) is 0 Å².